The molecule has 0 aromatic carbocycles. The molecule has 1 saturated carbocycles. The van der Waals surface area contributed by atoms with E-state index in [1.807, 2.05) is 0 Å². The highest BCUT2D eigenvalue weighted by molar-refractivity contribution is 5.77. The quantitative estimate of drug-likeness (QED) is 0.710. The van der Waals surface area contributed by atoms with E-state index in [1.165, 1.54) is 19.3 Å². The van der Waals surface area contributed by atoms with Gasteiger partial charge in [0.1, 0.15) is 5.54 Å². The van der Waals surface area contributed by atoms with Crippen molar-refractivity contribution in [2.45, 2.75) is 63.1 Å². The Hall–Kier alpha value is -0.650. The molecular weight excluding hydrogens is 244 g/mol. The minimum absolute atomic E-state index is 0.438. The van der Waals surface area contributed by atoms with Crippen LogP contribution in [0.25, 0.3) is 0 Å². The molecule has 19 heavy (non-hydrogen) atoms. The molecule has 0 radical (unpaired) electrons. The van der Waals surface area contributed by atoms with Crippen LogP contribution in [-0.4, -0.2) is 53.4 Å². The Labute approximate surface area is 115 Å². The van der Waals surface area contributed by atoms with Crippen LogP contribution in [0, 0.1) is 0 Å². The predicted octanol–water partition coefficient (Wildman–Crippen LogP) is 1.21. The predicted molar refractivity (Wildman–Crippen MR) is 73.0 cm³/mol. The number of aliphatic carboxylic acids is 1. The van der Waals surface area contributed by atoms with Gasteiger partial charge in [-0.1, -0.05) is 0 Å². The molecular formula is C14H26N2O3. The van der Waals surface area contributed by atoms with Crippen LogP contribution in [0.4, 0.5) is 0 Å². The Balaban J connectivity index is 1.69. The molecule has 2 aliphatic rings. The number of morpholine rings is 1. The maximum absolute atomic E-state index is 10.9. The number of carbonyl (C=O) groups is 1. The van der Waals surface area contributed by atoms with Crippen LogP contribution in [0.5, 0.6) is 0 Å². The highest BCUT2D eigenvalue weighted by atomic mass is 16.5. The summed E-state index contributed by atoms with van der Waals surface area (Å²) in [6.45, 7) is 4.49. The number of carboxylic acids is 1. The molecule has 5 nitrogen and oxygen atoms in total. The van der Waals surface area contributed by atoms with Crippen molar-refractivity contribution in [3.05, 3.63) is 0 Å². The van der Waals surface area contributed by atoms with E-state index in [1.54, 1.807) is 6.92 Å². The van der Waals surface area contributed by atoms with Gasteiger partial charge in [0.2, 0.25) is 0 Å². The summed E-state index contributed by atoms with van der Waals surface area (Å²) in [5.41, 5.74) is 4.65. The molecule has 2 fully saturated rings. The second kappa shape index (κ2) is 6.20. The first kappa shape index (κ1) is 14.8. The third-order valence-electron chi connectivity index (χ3n) is 4.48. The van der Waals surface area contributed by atoms with E-state index in [0.29, 0.717) is 18.6 Å². The molecule has 110 valence electrons. The van der Waals surface area contributed by atoms with E-state index in [-0.39, 0.29) is 0 Å². The monoisotopic (exact) mass is 270 g/mol. The van der Waals surface area contributed by atoms with Crippen molar-refractivity contribution in [1.29, 1.82) is 0 Å². The summed E-state index contributed by atoms with van der Waals surface area (Å²) in [4.78, 5) is 13.4. The van der Waals surface area contributed by atoms with Crippen LogP contribution in [0.1, 0.15) is 45.4 Å². The molecule has 0 aromatic rings. The number of ether oxygens (including phenoxy) is 1. The number of carboxylic acid groups (broad SMARTS) is 1. The lowest BCUT2D eigenvalue weighted by molar-refractivity contribution is -0.142. The van der Waals surface area contributed by atoms with E-state index >= 15 is 0 Å². The van der Waals surface area contributed by atoms with Crippen LogP contribution in [0.2, 0.25) is 0 Å². The Kier molecular flexibility index (Phi) is 4.81. The molecule has 5 heteroatoms. The number of nitrogens with zero attached hydrogens (tertiary/aromatic N) is 1. The third-order valence-corrected chi connectivity index (χ3v) is 4.48. The summed E-state index contributed by atoms with van der Waals surface area (Å²) in [7, 11) is 0. The number of hydrogen-bond acceptors (Lipinski definition) is 4. The first-order valence-electron chi connectivity index (χ1n) is 7.38. The molecule has 0 spiro atoms. The third kappa shape index (κ3) is 3.68. The number of rotatable bonds is 6. The van der Waals surface area contributed by atoms with Crippen molar-refractivity contribution < 1.29 is 14.6 Å². The fourth-order valence-corrected chi connectivity index (χ4v) is 3.20. The van der Waals surface area contributed by atoms with Crippen LogP contribution in [0.3, 0.4) is 0 Å². The maximum Gasteiger partial charge on any atom is 0.323 e. The summed E-state index contributed by atoms with van der Waals surface area (Å²) >= 11 is 0. The van der Waals surface area contributed by atoms with Gasteiger partial charge >= 0.3 is 5.97 Å². The summed E-state index contributed by atoms with van der Waals surface area (Å²) in [6.07, 6.45) is 6.58. The summed E-state index contributed by atoms with van der Waals surface area (Å²) < 4.78 is 5.78. The van der Waals surface area contributed by atoms with Gasteiger partial charge in [-0.25, -0.2) is 0 Å². The first-order valence-corrected chi connectivity index (χ1v) is 7.38. The Morgan fingerprint density at radius 3 is 3.00 bits per heavy atom. The molecule has 3 unspecified atom stereocenters. The molecule has 0 amide bonds. The first-order chi connectivity index (χ1) is 9.00. The van der Waals surface area contributed by atoms with Gasteiger partial charge in [0.25, 0.3) is 0 Å². The van der Waals surface area contributed by atoms with Gasteiger partial charge < -0.3 is 15.6 Å². The topological polar surface area (TPSA) is 75.8 Å². The fourth-order valence-electron chi connectivity index (χ4n) is 3.20. The molecule has 0 bridgehead atoms. The minimum atomic E-state index is -1.08. The van der Waals surface area contributed by atoms with Crippen LogP contribution in [0.15, 0.2) is 0 Å². The molecule has 1 aliphatic heterocycles. The zero-order valence-corrected chi connectivity index (χ0v) is 11.8. The van der Waals surface area contributed by atoms with Gasteiger partial charge in [-0.15, -0.1) is 0 Å². The standard InChI is InChI=1S/C14H26N2O3/c1-14(15,13(17)18)7-2-3-8-16-9-10-19-12-6-4-5-11(12)16/h11-12H,2-10,15H2,1H3,(H,17,18). The van der Waals surface area contributed by atoms with Gasteiger partial charge in [0.05, 0.1) is 12.7 Å². The molecule has 1 aliphatic carbocycles. The van der Waals surface area contributed by atoms with Gasteiger partial charge in [-0.3, -0.25) is 9.69 Å². The Morgan fingerprint density at radius 1 is 1.47 bits per heavy atom. The Morgan fingerprint density at radius 2 is 2.26 bits per heavy atom. The van der Waals surface area contributed by atoms with E-state index < -0.39 is 11.5 Å². The number of hydrogen-bond donors (Lipinski definition) is 2. The van der Waals surface area contributed by atoms with E-state index in [0.717, 1.165) is 32.5 Å². The highest BCUT2D eigenvalue weighted by Crippen LogP contribution is 2.29. The lowest BCUT2D eigenvalue weighted by atomic mass is 9.96. The van der Waals surface area contributed by atoms with Crippen molar-refractivity contribution in [1.82, 2.24) is 4.90 Å². The molecule has 1 heterocycles. The zero-order valence-electron chi connectivity index (χ0n) is 11.8. The molecule has 0 aromatic heterocycles. The van der Waals surface area contributed by atoms with Crippen LogP contribution in [-0.2, 0) is 9.53 Å². The number of nitrogens with two attached hydrogens (primary N) is 1. The van der Waals surface area contributed by atoms with Crippen molar-refractivity contribution >= 4 is 5.97 Å². The smallest absolute Gasteiger partial charge is 0.323 e. The normalized spacial score (nSPS) is 30.8. The molecule has 2 rings (SSSR count). The zero-order chi connectivity index (χ0) is 13.9. The average Bonchev–Trinajstić information content (AvgIpc) is 2.83. The number of unbranched alkanes of at least 4 members (excludes halogenated alkanes) is 1. The van der Waals surface area contributed by atoms with Gasteiger partial charge in [0.15, 0.2) is 0 Å². The van der Waals surface area contributed by atoms with Crippen LogP contribution >= 0.6 is 0 Å². The van der Waals surface area contributed by atoms with Gasteiger partial charge in [-0.05, 0) is 52.0 Å². The SMILES string of the molecule is CC(N)(CCCCN1CCOC2CCCC21)C(=O)O. The van der Waals surface area contributed by atoms with E-state index in [4.69, 9.17) is 15.6 Å². The molecule has 1 saturated heterocycles. The lowest BCUT2D eigenvalue weighted by Gasteiger charge is -2.37. The van der Waals surface area contributed by atoms with Crippen molar-refractivity contribution in [2.75, 3.05) is 19.7 Å². The lowest BCUT2D eigenvalue weighted by Crippen LogP contribution is -2.49. The maximum atomic E-state index is 10.9. The average molecular weight is 270 g/mol. The van der Waals surface area contributed by atoms with E-state index in [2.05, 4.69) is 4.90 Å². The summed E-state index contributed by atoms with van der Waals surface area (Å²) in [6, 6.07) is 0.595. The Bertz CT molecular complexity index is 320. The number of fused-ring (bicyclic) bond motifs is 1. The highest BCUT2D eigenvalue weighted by Gasteiger charge is 2.35. The second-order valence-electron chi connectivity index (χ2n) is 6.12. The van der Waals surface area contributed by atoms with Crippen molar-refractivity contribution in [3.63, 3.8) is 0 Å². The van der Waals surface area contributed by atoms with Crippen LogP contribution < -0.4 is 5.73 Å². The molecule has 3 atom stereocenters. The largest absolute Gasteiger partial charge is 0.480 e. The second-order valence-corrected chi connectivity index (χ2v) is 6.12. The summed E-state index contributed by atoms with van der Waals surface area (Å²) in [5.74, 6) is -0.908. The molecule has 3 N–H and O–H groups in total. The van der Waals surface area contributed by atoms with E-state index in [9.17, 15) is 4.79 Å². The van der Waals surface area contributed by atoms with Gasteiger partial charge in [0, 0.05) is 12.6 Å². The van der Waals surface area contributed by atoms with Gasteiger partial charge in [-0.2, -0.15) is 0 Å². The van der Waals surface area contributed by atoms with Crippen molar-refractivity contribution in [2.24, 2.45) is 5.73 Å². The minimum Gasteiger partial charge on any atom is -0.480 e. The van der Waals surface area contributed by atoms with Crippen molar-refractivity contribution in [3.8, 4) is 0 Å². The summed E-state index contributed by atoms with van der Waals surface area (Å²) in [5, 5.41) is 8.96. The fraction of sp³-hybridized carbons (Fsp3) is 0.929.